The fourth-order valence-electron chi connectivity index (χ4n) is 2.71. The van der Waals surface area contributed by atoms with E-state index in [1.54, 1.807) is 0 Å². The molecule has 0 aliphatic carbocycles. The van der Waals surface area contributed by atoms with E-state index in [1.165, 1.54) is 51.4 Å². The van der Waals surface area contributed by atoms with Crippen molar-refractivity contribution in [1.82, 2.24) is 0 Å². The first-order valence-corrected chi connectivity index (χ1v) is 9.30. The molecule has 0 radical (unpaired) electrons. The van der Waals surface area contributed by atoms with Gasteiger partial charge in [0.1, 0.15) is 0 Å². The maximum absolute atomic E-state index is 10.6. The summed E-state index contributed by atoms with van der Waals surface area (Å²) < 4.78 is 0. The summed E-state index contributed by atoms with van der Waals surface area (Å²) in [6, 6.07) is 0. The van der Waals surface area contributed by atoms with Crippen molar-refractivity contribution in [3.05, 3.63) is 12.2 Å². The van der Waals surface area contributed by atoms with Crippen LogP contribution in [0.3, 0.4) is 0 Å². The van der Waals surface area contributed by atoms with E-state index in [0.717, 1.165) is 32.1 Å². The molecule has 0 aromatic carbocycles. The van der Waals surface area contributed by atoms with Crippen molar-refractivity contribution in [2.45, 2.75) is 96.0 Å². The summed E-state index contributed by atoms with van der Waals surface area (Å²) in [7, 11) is 0. The van der Waals surface area contributed by atoms with Crippen LogP contribution in [0.4, 0.5) is 0 Å². The second-order valence-corrected chi connectivity index (χ2v) is 6.45. The lowest BCUT2D eigenvalue weighted by Crippen LogP contribution is -2.16. The van der Waals surface area contributed by atoms with E-state index in [2.05, 4.69) is 6.58 Å². The Bertz CT molecular complexity index is 302. The largest absolute Gasteiger partial charge is 0.478 e. The topological polar surface area (TPSA) is 77.8 Å². The number of rotatable bonds is 17. The first-order valence-electron chi connectivity index (χ1n) is 9.30. The molecule has 1 atom stereocenters. The summed E-state index contributed by atoms with van der Waals surface area (Å²) in [5.41, 5.74) is -0.0960. The van der Waals surface area contributed by atoms with Crippen LogP contribution < -0.4 is 0 Å². The van der Waals surface area contributed by atoms with Gasteiger partial charge >= 0.3 is 5.97 Å². The van der Waals surface area contributed by atoms with Crippen LogP contribution in [-0.4, -0.2) is 34.0 Å². The SMILES string of the molecule is C=C(C(=O)O)C(O)CCCCCCCCCCCCCCCO. The lowest BCUT2D eigenvalue weighted by atomic mass is 10.0. The van der Waals surface area contributed by atoms with E-state index < -0.39 is 12.1 Å². The average Bonchev–Trinajstić information content (AvgIpc) is 2.54. The molecule has 3 N–H and O–H groups in total. The van der Waals surface area contributed by atoms with Gasteiger partial charge in [0.25, 0.3) is 0 Å². The Labute approximate surface area is 141 Å². The molecule has 4 nitrogen and oxygen atoms in total. The monoisotopic (exact) mass is 328 g/mol. The summed E-state index contributed by atoms with van der Waals surface area (Å²) in [5, 5.41) is 27.0. The molecule has 0 fully saturated rings. The van der Waals surface area contributed by atoms with E-state index in [9.17, 15) is 9.90 Å². The molecule has 0 aromatic rings. The van der Waals surface area contributed by atoms with Crippen molar-refractivity contribution in [1.29, 1.82) is 0 Å². The third-order valence-corrected chi connectivity index (χ3v) is 4.31. The van der Waals surface area contributed by atoms with Gasteiger partial charge in [-0.2, -0.15) is 0 Å². The van der Waals surface area contributed by atoms with E-state index in [4.69, 9.17) is 10.2 Å². The molecule has 0 heterocycles. The van der Waals surface area contributed by atoms with Crippen LogP contribution in [0.25, 0.3) is 0 Å². The zero-order valence-corrected chi connectivity index (χ0v) is 14.6. The van der Waals surface area contributed by atoms with Gasteiger partial charge in [-0.05, 0) is 12.8 Å². The van der Waals surface area contributed by atoms with Gasteiger partial charge in [-0.3, -0.25) is 0 Å². The molecule has 0 aliphatic heterocycles. The van der Waals surface area contributed by atoms with E-state index in [0.29, 0.717) is 13.0 Å². The normalized spacial score (nSPS) is 12.3. The number of hydrogen-bond donors (Lipinski definition) is 3. The number of carboxylic acid groups (broad SMARTS) is 1. The Morgan fingerprint density at radius 3 is 1.43 bits per heavy atom. The number of aliphatic carboxylic acids is 1. The average molecular weight is 328 g/mol. The highest BCUT2D eigenvalue weighted by Crippen LogP contribution is 2.14. The zero-order valence-electron chi connectivity index (χ0n) is 14.6. The van der Waals surface area contributed by atoms with Gasteiger partial charge in [-0.1, -0.05) is 83.6 Å². The molecular weight excluding hydrogens is 292 g/mol. The minimum absolute atomic E-state index is 0.0960. The molecule has 0 saturated heterocycles. The number of carboxylic acids is 1. The van der Waals surface area contributed by atoms with Crippen molar-refractivity contribution in [3.63, 3.8) is 0 Å². The molecular formula is C19H36O4. The fourth-order valence-corrected chi connectivity index (χ4v) is 2.71. The predicted octanol–water partition coefficient (Wildman–Crippen LogP) is 4.44. The molecule has 0 amide bonds. The third-order valence-electron chi connectivity index (χ3n) is 4.31. The van der Waals surface area contributed by atoms with Crippen molar-refractivity contribution >= 4 is 5.97 Å². The Kier molecular flexibility index (Phi) is 15.4. The second kappa shape index (κ2) is 16.0. The van der Waals surface area contributed by atoms with E-state index in [-0.39, 0.29) is 5.57 Å². The highest BCUT2D eigenvalue weighted by atomic mass is 16.4. The van der Waals surface area contributed by atoms with Crippen molar-refractivity contribution in [2.75, 3.05) is 6.61 Å². The minimum atomic E-state index is -1.11. The molecule has 1 unspecified atom stereocenters. The van der Waals surface area contributed by atoms with Crippen LogP contribution in [0.5, 0.6) is 0 Å². The van der Waals surface area contributed by atoms with E-state index in [1.807, 2.05) is 0 Å². The Balaban J connectivity index is 3.19. The maximum Gasteiger partial charge on any atom is 0.333 e. The molecule has 0 aliphatic rings. The van der Waals surface area contributed by atoms with Gasteiger partial charge in [0.2, 0.25) is 0 Å². The van der Waals surface area contributed by atoms with Crippen molar-refractivity contribution in [2.24, 2.45) is 0 Å². The molecule has 23 heavy (non-hydrogen) atoms. The van der Waals surface area contributed by atoms with Crippen molar-refractivity contribution in [3.8, 4) is 0 Å². The number of hydrogen-bond acceptors (Lipinski definition) is 3. The third kappa shape index (κ3) is 14.5. The van der Waals surface area contributed by atoms with Gasteiger partial charge < -0.3 is 15.3 Å². The lowest BCUT2D eigenvalue weighted by Gasteiger charge is -2.09. The highest BCUT2D eigenvalue weighted by molar-refractivity contribution is 5.86. The van der Waals surface area contributed by atoms with Crippen molar-refractivity contribution < 1.29 is 20.1 Å². The molecule has 0 bridgehead atoms. The Morgan fingerprint density at radius 1 is 0.739 bits per heavy atom. The standard InChI is InChI=1S/C19H36O4/c1-17(19(22)23)18(21)15-13-11-9-7-5-3-2-4-6-8-10-12-14-16-20/h18,20-21H,1-16H2,(H,22,23). The van der Waals surface area contributed by atoms with E-state index >= 15 is 0 Å². The number of aliphatic hydroxyl groups is 2. The summed E-state index contributed by atoms with van der Waals surface area (Å²) >= 11 is 0. The Hall–Kier alpha value is -0.870. The number of unbranched alkanes of at least 4 members (excludes halogenated alkanes) is 12. The van der Waals surface area contributed by atoms with Crippen LogP contribution in [-0.2, 0) is 4.79 Å². The minimum Gasteiger partial charge on any atom is -0.478 e. The molecule has 4 heteroatoms. The van der Waals surface area contributed by atoms with Gasteiger partial charge in [0.15, 0.2) is 0 Å². The van der Waals surface area contributed by atoms with Gasteiger partial charge in [-0.25, -0.2) is 4.79 Å². The first kappa shape index (κ1) is 22.1. The fraction of sp³-hybridized carbons (Fsp3) is 0.842. The molecule has 136 valence electrons. The van der Waals surface area contributed by atoms with Crippen LogP contribution in [0.2, 0.25) is 0 Å². The highest BCUT2D eigenvalue weighted by Gasteiger charge is 2.14. The summed E-state index contributed by atoms with van der Waals surface area (Å²) in [6.45, 7) is 3.70. The smallest absolute Gasteiger partial charge is 0.333 e. The number of aliphatic hydroxyl groups excluding tert-OH is 2. The second-order valence-electron chi connectivity index (χ2n) is 6.45. The molecule has 0 rings (SSSR count). The Morgan fingerprint density at radius 2 is 1.09 bits per heavy atom. The lowest BCUT2D eigenvalue weighted by molar-refractivity contribution is -0.133. The van der Waals surface area contributed by atoms with Gasteiger partial charge in [0, 0.05) is 6.61 Å². The summed E-state index contributed by atoms with van der Waals surface area (Å²) in [5.74, 6) is -1.11. The molecule has 0 spiro atoms. The molecule has 0 saturated carbocycles. The van der Waals surface area contributed by atoms with Crippen LogP contribution in [0, 0.1) is 0 Å². The maximum atomic E-state index is 10.6. The first-order chi connectivity index (χ1) is 11.1. The molecule has 0 aromatic heterocycles. The zero-order chi connectivity index (χ0) is 17.3. The summed E-state index contributed by atoms with van der Waals surface area (Å²) in [4.78, 5) is 10.6. The van der Waals surface area contributed by atoms with Crippen LogP contribution in [0.1, 0.15) is 89.9 Å². The van der Waals surface area contributed by atoms with Gasteiger partial charge in [0.05, 0.1) is 11.7 Å². The number of carbonyl (C=O) groups is 1. The summed E-state index contributed by atoms with van der Waals surface area (Å²) in [6.07, 6.45) is 15.1. The quantitative estimate of drug-likeness (QED) is 0.272. The predicted molar refractivity (Wildman–Crippen MR) is 94.5 cm³/mol. The van der Waals surface area contributed by atoms with Crippen LogP contribution in [0.15, 0.2) is 12.2 Å². The van der Waals surface area contributed by atoms with Crippen LogP contribution >= 0.6 is 0 Å². The van der Waals surface area contributed by atoms with Gasteiger partial charge in [-0.15, -0.1) is 0 Å².